The van der Waals surface area contributed by atoms with E-state index in [9.17, 15) is 24.5 Å². The molecule has 3 aromatic carbocycles. The third-order valence-electron chi connectivity index (χ3n) is 5.30. The normalized spacial score (nSPS) is 10.7. The largest absolute Gasteiger partial charge is 0.452 e. The molecule has 1 aromatic heterocycles. The average Bonchev–Trinajstić information content (AvgIpc) is 2.84. The van der Waals surface area contributed by atoms with Crippen LogP contribution >= 0.6 is 0 Å². The van der Waals surface area contributed by atoms with E-state index in [1.54, 1.807) is 55.5 Å². The van der Waals surface area contributed by atoms with Crippen molar-refractivity contribution in [3.05, 3.63) is 110 Å². The molecule has 0 bridgehead atoms. The van der Waals surface area contributed by atoms with Crippen molar-refractivity contribution >= 4 is 34.2 Å². The summed E-state index contributed by atoms with van der Waals surface area (Å²) in [7, 11) is 0. The number of non-ortho nitro benzene ring substituents is 1. The summed E-state index contributed by atoms with van der Waals surface area (Å²) >= 11 is 0. The Balaban J connectivity index is 1.46. The standard InChI is InChI=1S/C25H20N4O6/c1-15-10-11-17(29(33)34)13-21(15)27-23(30)14-35-25(32)18-7-3-2-6-16(18)12-22-26-20-9-5-4-8-19(20)24(31)28-22/h2-11,13H,12,14H2,1H3,(H,27,30)(H,26,28,31). The summed E-state index contributed by atoms with van der Waals surface area (Å²) in [6.07, 6.45) is 0.171. The molecule has 35 heavy (non-hydrogen) atoms. The molecule has 0 saturated heterocycles. The van der Waals surface area contributed by atoms with Crippen LogP contribution in [0.2, 0.25) is 0 Å². The number of carbonyl (C=O) groups excluding carboxylic acids is 2. The minimum absolute atomic E-state index is 0.169. The third kappa shape index (κ3) is 5.38. The molecule has 0 aliphatic rings. The van der Waals surface area contributed by atoms with Gasteiger partial charge in [-0.2, -0.15) is 0 Å². The van der Waals surface area contributed by atoms with Crippen LogP contribution in [-0.2, 0) is 16.0 Å². The summed E-state index contributed by atoms with van der Waals surface area (Å²) < 4.78 is 5.17. The molecule has 0 atom stereocenters. The van der Waals surface area contributed by atoms with Gasteiger partial charge in [0, 0.05) is 18.6 Å². The van der Waals surface area contributed by atoms with Crippen molar-refractivity contribution in [3.8, 4) is 0 Å². The zero-order valence-corrected chi connectivity index (χ0v) is 18.6. The summed E-state index contributed by atoms with van der Waals surface area (Å²) in [5.41, 5.74) is 1.76. The number of hydrogen-bond acceptors (Lipinski definition) is 7. The Kier molecular flexibility index (Phi) is 6.63. The molecule has 0 spiro atoms. The minimum atomic E-state index is -0.727. The Labute approximate surface area is 198 Å². The molecule has 0 fully saturated rings. The Morgan fingerprint density at radius 3 is 2.63 bits per heavy atom. The van der Waals surface area contributed by atoms with Crippen molar-refractivity contribution in [2.24, 2.45) is 0 Å². The third-order valence-corrected chi connectivity index (χ3v) is 5.30. The lowest BCUT2D eigenvalue weighted by Gasteiger charge is -2.11. The molecule has 4 aromatic rings. The van der Waals surface area contributed by atoms with E-state index in [0.29, 0.717) is 27.9 Å². The van der Waals surface area contributed by atoms with E-state index in [0.717, 1.165) is 0 Å². The van der Waals surface area contributed by atoms with E-state index < -0.39 is 23.4 Å². The van der Waals surface area contributed by atoms with Crippen molar-refractivity contribution in [1.82, 2.24) is 9.97 Å². The smallest absolute Gasteiger partial charge is 0.338 e. The first kappa shape index (κ1) is 23.3. The van der Waals surface area contributed by atoms with Crippen LogP contribution in [0.15, 0.2) is 71.5 Å². The number of aromatic amines is 1. The summed E-state index contributed by atoms with van der Waals surface area (Å²) in [5, 5.41) is 14.0. The number of H-pyrrole nitrogens is 1. The van der Waals surface area contributed by atoms with Crippen LogP contribution in [0.3, 0.4) is 0 Å². The van der Waals surface area contributed by atoms with Crippen LogP contribution in [0.4, 0.5) is 11.4 Å². The molecule has 0 unspecified atom stereocenters. The number of carbonyl (C=O) groups is 2. The van der Waals surface area contributed by atoms with Gasteiger partial charge in [0.05, 0.1) is 27.1 Å². The SMILES string of the molecule is Cc1ccc([N+](=O)[O-])cc1NC(=O)COC(=O)c1ccccc1Cc1nc2ccccc2c(=O)[nH]1. The second-order valence-electron chi connectivity index (χ2n) is 7.74. The maximum Gasteiger partial charge on any atom is 0.338 e. The highest BCUT2D eigenvalue weighted by Crippen LogP contribution is 2.22. The molecule has 4 rings (SSSR count). The highest BCUT2D eigenvalue weighted by Gasteiger charge is 2.17. The first-order valence-corrected chi connectivity index (χ1v) is 10.6. The molecule has 0 aliphatic heterocycles. The number of para-hydroxylation sites is 1. The number of nitrogens with one attached hydrogen (secondary N) is 2. The molecule has 2 N–H and O–H groups in total. The van der Waals surface area contributed by atoms with Gasteiger partial charge in [0.15, 0.2) is 6.61 Å². The van der Waals surface area contributed by atoms with Gasteiger partial charge in [-0.15, -0.1) is 0 Å². The molecule has 1 heterocycles. The predicted molar refractivity (Wildman–Crippen MR) is 128 cm³/mol. The number of fused-ring (bicyclic) bond motifs is 1. The van der Waals surface area contributed by atoms with Crippen molar-refractivity contribution in [2.45, 2.75) is 13.3 Å². The number of nitrogens with zero attached hydrogens (tertiary/aromatic N) is 2. The van der Waals surface area contributed by atoms with E-state index >= 15 is 0 Å². The van der Waals surface area contributed by atoms with Crippen LogP contribution in [-0.4, -0.2) is 33.4 Å². The summed E-state index contributed by atoms with van der Waals surface area (Å²) in [6, 6.07) is 17.7. The fourth-order valence-electron chi connectivity index (χ4n) is 3.53. The summed E-state index contributed by atoms with van der Waals surface area (Å²) in [5.74, 6) is -0.984. The van der Waals surface area contributed by atoms with Gasteiger partial charge >= 0.3 is 5.97 Å². The minimum Gasteiger partial charge on any atom is -0.452 e. The van der Waals surface area contributed by atoms with Crippen molar-refractivity contribution in [1.29, 1.82) is 0 Å². The van der Waals surface area contributed by atoms with Gasteiger partial charge in [-0.25, -0.2) is 9.78 Å². The lowest BCUT2D eigenvalue weighted by Crippen LogP contribution is -2.22. The van der Waals surface area contributed by atoms with E-state index in [4.69, 9.17) is 4.74 Å². The van der Waals surface area contributed by atoms with Crippen molar-refractivity contribution in [2.75, 3.05) is 11.9 Å². The van der Waals surface area contributed by atoms with E-state index in [2.05, 4.69) is 15.3 Å². The first-order chi connectivity index (χ1) is 16.8. The number of anilines is 1. The van der Waals surface area contributed by atoms with Gasteiger partial charge in [0.25, 0.3) is 17.2 Å². The summed E-state index contributed by atoms with van der Waals surface area (Å²) in [4.78, 5) is 55.0. The maximum absolute atomic E-state index is 12.7. The first-order valence-electron chi connectivity index (χ1n) is 10.6. The van der Waals surface area contributed by atoms with Gasteiger partial charge in [-0.3, -0.25) is 19.7 Å². The molecule has 10 nitrogen and oxygen atoms in total. The number of esters is 1. The van der Waals surface area contributed by atoms with Gasteiger partial charge < -0.3 is 15.0 Å². The van der Waals surface area contributed by atoms with Crippen LogP contribution in [0.25, 0.3) is 10.9 Å². The number of aromatic nitrogens is 2. The molecule has 1 amide bonds. The Morgan fingerprint density at radius 1 is 1.09 bits per heavy atom. The van der Waals surface area contributed by atoms with Gasteiger partial charge in [-0.05, 0) is 36.2 Å². The molecule has 176 valence electrons. The van der Waals surface area contributed by atoms with E-state index in [1.165, 1.54) is 18.2 Å². The fraction of sp³-hybridized carbons (Fsp3) is 0.120. The number of nitro benzene ring substituents is 1. The van der Waals surface area contributed by atoms with Crippen LogP contribution in [0.1, 0.15) is 27.3 Å². The van der Waals surface area contributed by atoms with Crippen LogP contribution < -0.4 is 10.9 Å². The zero-order chi connectivity index (χ0) is 24.9. The molecule has 0 radical (unpaired) electrons. The maximum atomic E-state index is 12.7. The van der Waals surface area contributed by atoms with Crippen LogP contribution in [0, 0.1) is 17.0 Å². The Bertz CT molecular complexity index is 1510. The van der Waals surface area contributed by atoms with E-state index in [-0.39, 0.29) is 28.9 Å². The van der Waals surface area contributed by atoms with Crippen LogP contribution in [0.5, 0.6) is 0 Å². The number of aryl methyl sites for hydroxylation is 1. The second kappa shape index (κ2) is 9.96. The number of nitro groups is 1. The number of benzene rings is 3. The van der Waals surface area contributed by atoms with Gasteiger partial charge in [-0.1, -0.05) is 36.4 Å². The highest BCUT2D eigenvalue weighted by atomic mass is 16.6. The Morgan fingerprint density at radius 2 is 1.83 bits per heavy atom. The van der Waals surface area contributed by atoms with Gasteiger partial charge in [0.1, 0.15) is 5.82 Å². The topological polar surface area (TPSA) is 144 Å². The number of rotatable bonds is 7. The quantitative estimate of drug-likeness (QED) is 0.238. The fourth-order valence-corrected chi connectivity index (χ4v) is 3.53. The molecule has 0 saturated carbocycles. The number of ether oxygens (including phenoxy) is 1. The second-order valence-corrected chi connectivity index (χ2v) is 7.74. The van der Waals surface area contributed by atoms with Crippen molar-refractivity contribution in [3.63, 3.8) is 0 Å². The number of hydrogen-bond donors (Lipinski definition) is 2. The average molecular weight is 472 g/mol. The molecular weight excluding hydrogens is 452 g/mol. The summed E-state index contributed by atoms with van der Waals surface area (Å²) in [6.45, 7) is 1.10. The molecule has 10 heteroatoms. The monoisotopic (exact) mass is 472 g/mol. The molecular formula is C25H20N4O6. The lowest BCUT2D eigenvalue weighted by atomic mass is 10.0. The number of amides is 1. The predicted octanol–water partition coefficient (Wildman–Crippen LogP) is 3.53. The van der Waals surface area contributed by atoms with E-state index in [1.807, 2.05) is 0 Å². The van der Waals surface area contributed by atoms with Gasteiger partial charge in [0.2, 0.25) is 0 Å². The lowest BCUT2D eigenvalue weighted by molar-refractivity contribution is -0.384. The Hall–Kier alpha value is -4.86. The zero-order valence-electron chi connectivity index (χ0n) is 18.6. The molecule has 0 aliphatic carbocycles. The van der Waals surface area contributed by atoms with Crippen molar-refractivity contribution < 1.29 is 19.2 Å². The highest BCUT2D eigenvalue weighted by molar-refractivity contribution is 5.96.